The van der Waals surface area contributed by atoms with Gasteiger partial charge in [0.2, 0.25) is 5.95 Å². The highest BCUT2D eigenvalue weighted by atomic mass is 16.4. The summed E-state index contributed by atoms with van der Waals surface area (Å²) in [6.45, 7) is 0. The number of hydrogen-bond acceptors (Lipinski definition) is 5. The van der Waals surface area contributed by atoms with Gasteiger partial charge in [0.1, 0.15) is 12.5 Å². The third-order valence-electron chi connectivity index (χ3n) is 0.760. The van der Waals surface area contributed by atoms with Crippen molar-refractivity contribution in [3.63, 3.8) is 0 Å². The lowest BCUT2D eigenvalue weighted by atomic mass is 10.8. The molecule has 1 heterocycles. The molecule has 0 saturated carbocycles. The molecular weight excluding hydrogens is 150 g/mol. The smallest absolute Gasteiger partial charge is 0.348 e. The monoisotopic (exact) mass is 155 g/mol. The minimum atomic E-state index is -1.13. The van der Waals surface area contributed by atoms with Crippen LogP contribution in [0.1, 0.15) is 0 Å². The highest BCUT2D eigenvalue weighted by Gasteiger charge is 1.89. The molecule has 0 aliphatic carbocycles. The maximum atomic E-state index is 9.89. The fraction of sp³-hybridized carbons (Fsp3) is 0. The maximum absolute atomic E-state index is 9.89. The lowest BCUT2D eigenvalue weighted by molar-refractivity contribution is -0.128. The molecular formula is C4H5N5O2. The lowest BCUT2D eigenvalue weighted by Gasteiger charge is -1.88. The molecule has 1 aromatic heterocycles. The number of anilines is 1. The van der Waals surface area contributed by atoms with E-state index in [0.29, 0.717) is 12.2 Å². The third-order valence-corrected chi connectivity index (χ3v) is 0.760. The first-order chi connectivity index (χ1) is 5.29. The van der Waals surface area contributed by atoms with Gasteiger partial charge in [0.05, 0.1) is 0 Å². The molecule has 7 nitrogen and oxygen atoms in total. The van der Waals surface area contributed by atoms with Crippen LogP contribution in [0.2, 0.25) is 0 Å². The summed E-state index contributed by atoms with van der Waals surface area (Å²) in [5.74, 6) is -0.834. The average Bonchev–Trinajstić information content (AvgIpc) is 2.39. The van der Waals surface area contributed by atoms with Gasteiger partial charge >= 0.3 is 5.97 Å². The van der Waals surface area contributed by atoms with Crippen LogP contribution in [0.3, 0.4) is 0 Å². The Labute approximate surface area is 61.1 Å². The van der Waals surface area contributed by atoms with E-state index >= 15 is 0 Å². The van der Waals surface area contributed by atoms with Gasteiger partial charge in [0.25, 0.3) is 0 Å². The molecule has 0 bridgehead atoms. The topological polar surface area (TPSA) is 103 Å². The minimum Gasteiger partial charge on any atom is -0.477 e. The van der Waals surface area contributed by atoms with Crippen LogP contribution in [0.5, 0.6) is 0 Å². The van der Waals surface area contributed by atoms with Crippen LogP contribution >= 0.6 is 0 Å². The number of aromatic amines is 1. The van der Waals surface area contributed by atoms with E-state index in [2.05, 4.69) is 25.7 Å². The maximum Gasteiger partial charge on any atom is 0.348 e. The quantitative estimate of drug-likeness (QED) is 0.395. The van der Waals surface area contributed by atoms with Crippen molar-refractivity contribution in [3.8, 4) is 0 Å². The van der Waals surface area contributed by atoms with E-state index in [9.17, 15) is 4.79 Å². The number of hydrazone groups is 1. The van der Waals surface area contributed by atoms with Gasteiger partial charge in [-0.2, -0.15) is 15.2 Å². The Hall–Kier alpha value is -1.92. The van der Waals surface area contributed by atoms with Gasteiger partial charge in [-0.15, -0.1) is 0 Å². The van der Waals surface area contributed by atoms with Crippen molar-refractivity contribution in [2.45, 2.75) is 0 Å². The molecule has 1 aromatic rings. The van der Waals surface area contributed by atoms with Crippen molar-refractivity contribution in [1.29, 1.82) is 0 Å². The number of nitrogens with one attached hydrogen (secondary N) is 2. The summed E-state index contributed by atoms with van der Waals surface area (Å²) < 4.78 is 0. The zero-order chi connectivity index (χ0) is 8.10. The van der Waals surface area contributed by atoms with E-state index < -0.39 is 5.97 Å². The second kappa shape index (κ2) is 3.30. The Morgan fingerprint density at radius 2 is 2.73 bits per heavy atom. The minimum absolute atomic E-state index is 0.294. The third kappa shape index (κ3) is 2.43. The molecule has 0 atom stereocenters. The van der Waals surface area contributed by atoms with E-state index in [4.69, 9.17) is 5.11 Å². The molecule has 7 heteroatoms. The highest BCUT2D eigenvalue weighted by molar-refractivity contribution is 6.22. The SMILES string of the molecule is O=C(O)/C=N/Nc1ncn[nH]1. The summed E-state index contributed by atoms with van der Waals surface area (Å²) in [6, 6.07) is 0. The van der Waals surface area contributed by atoms with E-state index in [1.807, 2.05) is 0 Å². The molecule has 0 unspecified atom stereocenters. The van der Waals surface area contributed by atoms with Crippen molar-refractivity contribution < 1.29 is 9.90 Å². The van der Waals surface area contributed by atoms with Crippen molar-refractivity contribution in [2.75, 3.05) is 5.43 Å². The summed E-state index contributed by atoms with van der Waals surface area (Å²) in [5.41, 5.74) is 2.32. The van der Waals surface area contributed by atoms with Gasteiger partial charge in [-0.3, -0.25) is 0 Å². The lowest BCUT2D eigenvalue weighted by Crippen LogP contribution is -1.99. The van der Waals surface area contributed by atoms with Crippen LogP contribution < -0.4 is 5.43 Å². The first-order valence-corrected chi connectivity index (χ1v) is 2.66. The number of H-pyrrole nitrogens is 1. The van der Waals surface area contributed by atoms with Crippen molar-refractivity contribution in [2.24, 2.45) is 5.10 Å². The number of aromatic nitrogens is 3. The first-order valence-electron chi connectivity index (χ1n) is 2.66. The summed E-state index contributed by atoms with van der Waals surface area (Å²) in [7, 11) is 0. The zero-order valence-corrected chi connectivity index (χ0v) is 5.35. The second-order valence-electron chi connectivity index (χ2n) is 1.54. The molecule has 1 rings (SSSR count). The number of rotatable bonds is 3. The molecule has 11 heavy (non-hydrogen) atoms. The van der Waals surface area contributed by atoms with Crippen LogP contribution in [0, 0.1) is 0 Å². The summed E-state index contributed by atoms with van der Waals surface area (Å²) in [5, 5.41) is 17.3. The standard InChI is InChI=1S/C4H5N5O2/c10-3(11)1-6-8-4-5-2-7-9-4/h1-2H,(H,10,11)(H2,5,7,8,9)/b6-1+. The molecule has 0 fully saturated rings. The normalized spacial score (nSPS) is 10.2. The van der Waals surface area contributed by atoms with Crippen molar-refractivity contribution >= 4 is 18.1 Å². The number of carboxylic acids is 1. The average molecular weight is 155 g/mol. The van der Waals surface area contributed by atoms with Gasteiger partial charge in [-0.1, -0.05) is 0 Å². The molecule has 0 aliphatic rings. The molecule has 0 amide bonds. The van der Waals surface area contributed by atoms with E-state index in [1.165, 1.54) is 6.33 Å². The van der Waals surface area contributed by atoms with Crippen LogP contribution in [-0.2, 0) is 4.79 Å². The van der Waals surface area contributed by atoms with Crippen LogP contribution in [-0.4, -0.2) is 32.5 Å². The Balaban J connectivity index is 2.40. The fourth-order valence-electron chi connectivity index (χ4n) is 0.408. The summed E-state index contributed by atoms with van der Waals surface area (Å²) in [4.78, 5) is 13.5. The number of aliphatic carboxylic acids is 1. The van der Waals surface area contributed by atoms with Crippen LogP contribution in [0.15, 0.2) is 11.4 Å². The van der Waals surface area contributed by atoms with Crippen molar-refractivity contribution in [3.05, 3.63) is 6.33 Å². The largest absolute Gasteiger partial charge is 0.477 e. The van der Waals surface area contributed by atoms with Gasteiger partial charge in [0, 0.05) is 0 Å². The molecule has 0 spiro atoms. The summed E-state index contributed by atoms with van der Waals surface area (Å²) in [6.07, 6.45) is 1.99. The van der Waals surface area contributed by atoms with Gasteiger partial charge < -0.3 is 5.11 Å². The molecule has 3 N–H and O–H groups in total. The predicted molar refractivity (Wildman–Crippen MR) is 36.1 cm³/mol. The predicted octanol–water partition coefficient (Wildman–Crippen LogP) is -0.713. The zero-order valence-electron chi connectivity index (χ0n) is 5.35. The van der Waals surface area contributed by atoms with Crippen LogP contribution in [0.25, 0.3) is 0 Å². The van der Waals surface area contributed by atoms with Gasteiger partial charge in [0.15, 0.2) is 0 Å². The van der Waals surface area contributed by atoms with Crippen LogP contribution in [0.4, 0.5) is 5.95 Å². The number of carboxylic acid groups (broad SMARTS) is 1. The molecule has 0 aromatic carbocycles. The van der Waals surface area contributed by atoms with E-state index in [-0.39, 0.29) is 0 Å². The Morgan fingerprint density at radius 3 is 3.27 bits per heavy atom. The summed E-state index contributed by atoms with van der Waals surface area (Å²) >= 11 is 0. The molecule has 0 saturated heterocycles. The first kappa shape index (κ1) is 7.19. The number of nitrogens with zero attached hydrogens (tertiary/aromatic N) is 3. The molecule has 0 radical (unpaired) electrons. The van der Waals surface area contributed by atoms with Gasteiger partial charge in [-0.05, 0) is 0 Å². The van der Waals surface area contributed by atoms with E-state index in [1.54, 1.807) is 0 Å². The number of carbonyl (C=O) groups is 1. The van der Waals surface area contributed by atoms with Crippen molar-refractivity contribution in [1.82, 2.24) is 15.2 Å². The molecule has 58 valence electrons. The Bertz CT molecular complexity index is 253. The van der Waals surface area contributed by atoms with Gasteiger partial charge in [-0.25, -0.2) is 15.3 Å². The second-order valence-corrected chi connectivity index (χ2v) is 1.54. The Morgan fingerprint density at radius 1 is 1.91 bits per heavy atom. The highest BCUT2D eigenvalue weighted by Crippen LogP contribution is 1.89. The van der Waals surface area contributed by atoms with E-state index in [0.717, 1.165) is 0 Å². The fourth-order valence-corrected chi connectivity index (χ4v) is 0.408. The Kier molecular flexibility index (Phi) is 2.16. The molecule has 0 aliphatic heterocycles. The number of hydrogen-bond donors (Lipinski definition) is 3.